The van der Waals surface area contributed by atoms with Crippen molar-refractivity contribution in [3.63, 3.8) is 0 Å². The maximum absolute atomic E-state index is 12.5. The number of rotatable bonds is 11. The van der Waals surface area contributed by atoms with E-state index in [1.807, 2.05) is 25.1 Å². The molecule has 7 heteroatoms. The molecule has 2 aromatic rings. The van der Waals surface area contributed by atoms with E-state index in [0.29, 0.717) is 29.8 Å². The minimum atomic E-state index is -1.28. The zero-order chi connectivity index (χ0) is 23.1. The Balaban J connectivity index is 1.82. The maximum atomic E-state index is 12.5. The third kappa shape index (κ3) is 5.22. The van der Waals surface area contributed by atoms with Crippen molar-refractivity contribution in [2.24, 2.45) is 5.73 Å². The molecule has 1 unspecified atom stereocenters. The number of nitrogens with zero attached hydrogens (tertiary/aromatic N) is 1. The molecule has 1 saturated heterocycles. The fourth-order valence-electron chi connectivity index (χ4n) is 4.23. The molecule has 7 nitrogen and oxygen atoms in total. The Labute approximate surface area is 190 Å². The quantitative estimate of drug-likeness (QED) is 0.314. The number of likely N-dealkylation sites (tertiary alicyclic amines) is 1. The molecule has 1 aliphatic rings. The van der Waals surface area contributed by atoms with Gasteiger partial charge in [0.15, 0.2) is 5.54 Å². The number of carboxylic acids is 1. The number of nitrogen functional groups attached to an aromatic ring is 1. The second kappa shape index (κ2) is 10.5. The van der Waals surface area contributed by atoms with Crippen molar-refractivity contribution in [1.29, 1.82) is 5.41 Å². The van der Waals surface area contributed by atoms with Gasteiger partial charge in [-0.2, -0.15) is 0 Å². The van der Waals surface area contributed by atoms with Crippen LogP contribution in [-0.4, -0.2) is 48.1 Å². The molecule has 3 rings (SSSR count). The Bertz CT molecular complexity index is 939. The highest BCUT2D eigenvalue weighted by atomic mass is 16.5. The summed E-state index contributed by atoms with van der Waals surface area (Å²) in [6.07, 6.45) is 3.62. The van der Waals surface area contributed by atoms with E-state index in [4.69, 9.17) is 15.9 Å². The average Bonchev–Trinajstić information content (AvgIpc) is 3.31. The van der Waals surface area contributed by atoms with Gasteiger partial charge < -0.3 is 20.9 Å². The number of carbonyl (C=O) groups is 1. The smallest absolute Gasteiger partial charge is 0.334 e. The van der Waals surface area contributed by atoms with Crippen LogP contribution in [0.3, 0.4) is 0 Å². The fraction of sp³-hybridized carbons (Fsp3) is 0.440. The summed E-state index contributed by atoms with van der Waals surface area (Å²) < 4.78 is 6.06. The Hall–Kier alpha value is -3.06. The predicted molar refractivity (Wildman–Crippen MR) is 128 cm³/mol. The predicted octanol–water partition coefficient (Wildman–Crippen LogP) is 3.81. The molecule has 0 saturated carbocycles. The number of nitrogens with one attached hydrogen (secondary N) is 2. The first-order valence-corrected chi connectivity index (χ1v) is 11.3. The highest BCUT2D eigenvalue weighted by molar-refractivity contribution is 5.95. The molecule has 0 amide bonds. The van der Waals surface area contributed by atoms with E-state index in [0.717, 1.165) is 37.4 Å². The molecule has 0 aromatic heterocycles. The van der Waals surface area contributed by atoms with Gasteiger partial charge in [0.2, 0.25) is 0 Å². The average molecular weight is 439 g/mol. The molecular formula is C25H34N4O3. The van der Waals surface area contributed by atoms with E-state index in [1.54, 1.807) is 24.3 Å². The lowest BCUT2D eigenvalue weighted by molar-refractivity contribution is -0.142. The van der Waals surface area contributed by atoms with Crippen LogP contribution in [0.15, 0.2) is 42.5 Å². The Morgan fingerprint density at radius 1 is 1.19 bits per heavy atom. The molecule has 32 heavy (non-hydrogen) atoms. The number of aryl methyl sites for hydroxylation is 1. The van der Waals surface area contributed by atoms with Crippen LogP contribution >= 0.6 is 0 Å². The first kappa shape index (κ1) is 23.6. The van der Waals surface area contributed by atoms with Crippen LogP contribution in [0.2, 0.25) is 0 Å². The van der Waals surface area contributed by atoms with Gasteiger partial charge in [-0.25, -0.2) is 4.79 Å². The molecule has 5 N–H and O–H groups in total. The summed E-state index contributed by atoms with van der Waals surface area (Å²) in [5.41, 5.74) is 7.18. The van der Waals surface area contributed by atoms with Gasteiger partial charge in [-0.3, -0.25) is 10.3 Å². The van der Waals surface area contributed by atoms with E-state index in [9.17, 15) is 9.90 Å². The molecule has 2 aromatic carbocycles. The summed E-state index contributed by atoms with van der Waals surface area (Å²) in [4.78, 5) is 14.9. The first-order chi connectivity index (χ1) is 15.4. The van der Waals surface area contributed by atoms with E-state index in [-0.39, 0.29) is 5.84 Å². The number of aliphatic carboxylic acids is 1. The lowest BCUT2D eigenvalue weighted by Gasteiger charge is -2.32. The second-order valence-electron chi connectivity index (χ2n) is 8.25. The van der Waals surface area contributed by atoms with Crippen molar-refractivity contribution in [2.45, 2.75) is 45.1 Å². The van der Waals surface area contributed by atoms with E-state index in [2.05, 4.69) is 17.1 Å². The van der Waals surface area contributed by atoms with Crippen LogP contribution in [0.5, 0.6) is 5.75 Å². The summed E-state index contributed by atoms with van der Waals surface area (Å²) in [5, 5.41) is 21.0. The van der Waals surface area contributed by atoms with Crippen LogP contribution in [0.4, 0.5) is 5.69 Å². The number of carboxylic acid groups (broad SMARTS) is 1. The van der Waals surface area contributed by atoms with Gasteiger partial charge in [0.05, 0.1) is 0 Å². The van der Waals surface area contributed by atoms with Gasteiger partial charge in [0.25, 0.3) is 0 Å². The largest absolute Gasteiger partial charge is 0.492 e. The molecule has 0 radical (unpaired) electrons. The highest BCUT2D eigenvalue weighted by Crippen LogP contribution is 2.34. The van der Waals surface area contributed by atoms with Crippen LogP contribution in [0, 0.1) is 5.41 Å². The zero-order valence-corrected chi connectivity index (χ0v) is 19.0. The lowest BCUT2D eigenvalue weighted by Crippen LogP contribution is -2.43. The van der Waals surface area contributed by atoms with Crippen LogP contribution in [0.1, 0.15) is 49.8 Å². The molecule has 0 aliphatic carbocycles. The van der Waals surface area contributed by atoms with E-state index >= 15 is 0 Å². The van der Waals surface area contributed by atoms with Crippen molar-refractivity contribution < 1.29 is 14.6 Å². The monoisotopic (exact) mass is 438 g/mol. The fourth-order valence-corrected chi connectivity index (χ4v) is 4.23. The number of amidine groups is 1. The lowest BCUT2D eigenvalue weighted by atomic mass is 9.85. The van der Waals surface area contributed by atoms with Crippen molar-refractivity contribution in [1.82, 2.24) is 4.90 Å². The van der Waals surface area contributed by atoms with Crippen molar-refractivity contribution >= 4 is 17.5 Å². The molecule has 1 aliphatic heterocycles. The van der Waals surface area contributed by atoms with Crippen molar-refractivity contribution in [3.8, 4) is 5.75 Å². The SMILES string of the molecule is CCc1cc(C(CC)(Nc2ccc(C(=N)N)cc2)C(=O)O)ccc1OCCN1CCCC1. The highest BCUT2D eigenvalue weighted by Gasteiger charge is 2.39. The van der Waals surface area contributed by atoms with Crippen molar-refractivity contribution in [3.05, 3.63) is 59.2 Å². The Morgan fingerprint density at radius 3 is 2.44 bits per heavy atom. The molecule has 172 valence electrons. The molecular weight excluding hydrogens is 404 g/mol. The standard InChI is InChI=1S/C25H34N4O3/c1-3-18-17-20(9-12-22(18)32-16-15-29-13-5-6-14-29)25(4-2,24(30)31)28-21-10-7-19(8-11-21)23(26)27/h7-12,17,28H,3-6,13-16H2,1-2H3,(H3,26,27)(H,30,31). The summed E-state index contributed by atoms with van der Waals surface area (Å²) >= 11 is 0. The topological polar surface area (TPSA) is 112 Å². The number of hydrogen-bond donors (Lipinski definition) is 4. The number of hydrogen-bond acceptors (Lipinski definition) is 5. The second-order valence-corrected chi connectivity index (χ2v) is 8.25. The van der Waals surface area contributed by atoms with Crippen molar-refractivity contribution in [2.75, 3.05) is 31.6 Å². The van der Waals surface area contributed by atoms with Crippen LogP contribution in [-0.2, 0) is 16.8 Å². The van der Waals surface area contributed by atoms with Gasteiger partial charge in [-0.1, -0.05) is 19.9 Å². The maximum Gasteiger partial charge on any atom is 0.334 e. The molecule has 0 bridgehead atoms. The van der Waals surface area contributed by atoms with Gasteiger partial charge in [-0.05, 0) is 86.3 Å². The zero-order valence-electron chi connectivity index (χ0n) is 19.0. The van der Waals surface area contributed by atoms with Crippen LogP contribution < -0.4 is 15.8 Å². The van der Waals surface area contributed by atoms with Crippen LogP contribution in [0.25, 0.3) is 0 Å². The summed E-state index contributed by atoms with van der Waals surface area (Å²) in [6, 6.07) is 12.6. The number of anilines is 1. The molecule has 1 fully saturated rings. The van der Waals surface area contributed by atoms with Gasteiger partial charge in [0, 0.05) is 17.8 Å². The minimum absolute atomic E-state index is 0.0237. The van der Waals surface area contributed by atoms with Gasteiger partial charge in [-0.15, -0.1) is 0 Å². The molecule has 1 heterocycles. The molecule has 1 atom stereocenters. The molecule has 0 spiro atoms. The van der Waals surface area contributed by atoms with Gasteiger partial charge in [0.1, 0.15) is 18.2 Å². The number of benzene rings is 2. The third-order valence-corrected chi connectivity index (χ3v) is 6.25. The number of nitrogens with two attached hydrogens (primary N) is 1. The van der Waals surface area contributed by atoms with E-state index < -0.39 is 11.5 Å². The number of ether oxygens (including phenoxy) is 1. The summed E-state index contributed by atoms with van der Waals surface area (Å²) in [7, 11) is 0. The van der Waals surface area contributed by atoms with E-state index in [1.165, 1.54) is 12.8 Å². The minimum Gasteiger partial charge on any atom is -0.492 e. The summed E-state index contributed by atoms with van der Waals surface area (Å²) in [5.74, 6) is -0.151. The van der Waals surface area contributed by atoms with Gasteiger partial charge >= 0.3 is 5.97 Å². The summed E-state index contributed by atoms with van der Waals surface area (Å²) in [6.45, 7) is 7.73. The Kier molecular flexibility index (Phi) is 7.75. The normalized spacial score (nSPS) is 15.8. The first-order valence-electron chi connectivity index (χ1n) is 11.3. The third-order valence-electron chi connectivity index (χ3n) is 6.25. The Morgan fingerprint density at radius 2 is 1.88 bits per heavy atom.